The van der Waals surface area contributed by atoms with Gasteiger partial charge in [0.1, 0.15) is 0 Å². The predicted molar refractivity (Wildman–Crippen MR) is 129 cm³/mol. The highest BCUT2D eigenvalue weighted by Crippen LogP contribution is 2.74. The summed E-state index contributed by atoms with van der Waals surface area (Å²) in [7, 11) is 0. The minimum atomic E-state index is -0.637. The average molecular weight is 445 g/mol. The first-order chi connectivity index (χ1) is 14.7. The van der Waals surface area contributed by atoms with E-state index in [4.69, 9.17) is 0 Å². The molecule has 5 aliphatic rings. The van der Waals surface area contributed by atoms with Crippen molar-refractivity contribution in [2.45, 2.75) is 118 Å². The van der Waals surface area contributed by atoms with Gasteiger partial charge in [0.15, 0.2) is 0 Å². The topological polar surface area (TPSA) is 60.7 Å². The first-order valence-corrected chi connectivity index (χ1v) is 13.5. The van der Waals surface area contributed by atoms with Crippen molar-refractivity contribution in [3.05, 3.63) is 11.6 Å². The minimum Gasteiger partial charge on any atom is -0.390 e. The Balaban J connectivity index is 1.60. The second-order valence-electron chi connectivity index (χ2n) is 14.3. The zero-order valence-corrected chi connectivity index (χ0v) is 21.6. The molecule has 0 heterocycles. The molecule has 0 radical (unpaired) electrons. The highest BCUT2D eigenvalue weighted by Gasteiger charge is 2.68. The van der Waals surface area contributed by atoms with E-state index in [1.807, 2.05) is 0 Å². The van der Waals surface area contributed by atoms with Gasteiger partial charge in [-0.3, -0.25) is 0 Å². The largest absolute Gasteiger partial charge is 0.390 e. The van der Waals surface area contributed by atoms with Crippen LogP contribution >= 0.6 is 0 Å². The van der Waals surface area contributed by atoms with Gasteiger partial charge in [-0.15, -0.1) is 0 Å². The molecule has 0 amide bonds. The van der Waals surface area contributed by atoms with Gasteiger partial charge in [0, 0.05) is 5.92 Å². The third-order valence-corrected chi connectivity index (χ3v) is 12.9. The zero-order chi connectivity index (χ0) is 23.5. The molecule has 11 unspecified atom stereocenters. The minimum absolute atomic E-state index is 0.0272. The molecule has 0 saturated heterocycles. The molecule has 32 heavy (non-hydrogen) atoms. The van der Waals surface area contributed by atoms with Crippen LogP contribution in [0, 0.1) is 51.2 Å². The lowest BCUT2D eigenvalue weighted by atomic mass is 9.34. The maximum atomic E-state index is 11.7. The van der Waals surface area contributed by atoms with Crippen LogP contribution in [0.3, 0.4) is 0 Å². The molecule has 0 aromatic rings. The fourth-order valence-electron chi connectivity index (χ4n) is 10.6. The van der Waals surface area contributed by atoms with E-state index in [2.05, 4.69) is 54.5 Å². The Morgan fingerprint density at radius 3 is 2.25 bits per heavy atom. The molecule has 3 nitrogen and oxygen atoms in total. The summed E-state index contributed by atoms with van der Waals surface area (Å²) in [6.07, 6.45) is 10.2. The standard InChI is InChI=1S/C29H48O3/c1-17-8-9-18-12-14-27(5)19(23(18)29(17,7)32)10-11-22-26(4)16-20(30)24(31)25(2,3)21(26)13-15-28(22,27)6/h10,17-18,20-24,30-32H,8-9,11-16H2,1-7H3. The number of allylic oxidation sites excluding steroid dienone is 1. The van der Waals surface area contributed by atoms with Crippen molar-refractivity contribution in [2.24, 2.45) is 51.2 Å². The SMILES string of the molecule is CC1CCC2CCC3(C)C(=CCC4C5(C)CC(O)C(O)C(C)(C)C5CCC43C)C2C1(C)O. The Morgan fingerprint density at radius 2 is 1.56 bits per heavy atom. The van der Waals surface area contributed by atoms with Crippen molar-refractivity contribution in [3.8, 4) is 0 Å². The fourth-order valence-corrected chi connectivity index (χ4v) is 10.6. The Kier molecular flexibility index (Phi) is 5.00. The molecule has 3 N–H and O–H groups in total. The molecule has 3 heteroatoms. The molecule has 4 fully saturated rings. The van der Waals surface area contributed by atoms with E-state index in [0.29, 0.717) is 36.0 Å². The van der Waals surface area contributed by atoms with Gasteiger partial charge in [-0.1, -0.05) is 53.2 Å². The Labute approximate surface area is 196 Å². The van der Waals surface area contributed by atoms with Gasteiger partial charge in [0.25, 0.3) is 0 Å². The number of rotatable bonds is 0. The van der Waals surface area contributed by atoms with Crippen LogP contribution in [0.15, 0.2) is 11.6 Å². The van der Waals surface area contributed by atoms with Crippen LogP contribution in [0.5, 0.6) is 0 Å². The Bertz CT molecular complexity index is 813. The van der Waals surface area contributed by atoms with E-state index in [0.717, 1.165) is 19.3 Å². The van der Waals surface area contributed by atoms with Gasteiger partial charge >= 0.3 is 0 Å². The molecule has 5 rings (SSSR count). The van der Waals surface area contributed by atoms with Crippen molar-refractivity contribution >= 4 is 0 Å². The van der Waals surface area contributed by atoms with Crippen LogP contribution in [-0.4, -0.2) is 33.1 Å². The average Bonchev–Trinajstić information content (AvgIpc) is 2.69. The molecule has 0 spiro atoms. The van der Waals surface area contributed by atoms with Crippen LogP contribution in [0.2, 0.25) is 0 Å². The van der Waals surface area contributed by atoms with Gasteiger partial charge in [0.2, 0.25) is 0 Å². The van der Waals surface area contributed by atoms with Gasteiger partial charge in [-0.25, -0.2) is 0 Å². The summed E-state index contributed by atoms with van der Waals surface area (Å²) in [6.45, 7) is 16.3. The molecule has 0 aromatic carbocycles. The van der Waals surface area contributed by atoms with Gasteiger partial charge in [-0.2, -0.15) is 0 Å². The summed E-state index contributed by atoms with van der Waals surface area (Å²) < 4.78 is 0. The number of fused-ring (bicyclic) bond motifs is 7. The van der Waals surface area contributed by atoms with Crippen molar-refractivity contribution in [2.75, 3.05) is 0 Å². The maximum absolute atomic E-state index is 11.7. The van der Waals surface area contributed by atoms with Crippen molar-refractivity contribution in [3.63, 3.8) is 0 Å². The summed E-state index contributed by atoms with van der Waals surface area (Å²) in [5.41, 5.74) is 0.993. The molecule has 5 aliphatic carbocycles. The summed E-state index contributed by atoms with van der Waals surface area (Å²) >= 11 is 0. The molecular weight excluding hydrogens is 396 g/mol. The van der Waals surface area contributed by atoms with Gasteiger partial charge in [-0.05, 0) is 104 Å². The van der Waals surface area contributed by atoms with Crippen LogP contribution in [0.1, 0.15) is 99.8 Å². The monoisotopic (exact) mass is 444 g/mol. The van der Waals surface area contributed by atoms with E-state index in [-0.39, 0.29) is 21.7 Å². The Hall–Kier alpha value is -0.380. The summed E-state index contributed by atoms with van der Waals surface area (Å²) in [5.74, 6) is 2.20. The van der Waals surface area contributed by atoms with Crippen LogP contribution in [0.25, 0.3) is 0 Å². The smallest absolute Gasteiger partial charge is 0.0852 e. The highest BCUT2D eigenvalue weighted by molar-refractivity contribution is 5.34. The summed E-state index contributed by atoms with van der Waals surface area (Å²) in [4.78, 5) is 0. The van der Waals surface area contributed by atoms with Crippen molar-refractivity contribution < 1.29 is 15.3 Å². The van der Waals surface area contributed by atoms with E-state index < -0.39 is 17.8 Å². The number of aliphatic hydroxyl groups excluding tert-OH is 2. The molecule has 182 valence electrons. The third-order valence-electron chi connectivity index (χ3n) is 12.9. The third kappa shape index (κ3) is 2.65. The number of aliphatic hydroxyl groups is 3. The van der Waals surface area contributed by atoms with Crippen molar-refractivity contribution in [1.29, 1.82) is 0 Å². The molecular formula is C29H48O3. The van der Waals surface area contributed by atoms with E-state index in [9.17, 15) is 15.3 Å². The van der Waals surface area contributed by atoms with E-state index >= 15 is 0 Å². The summed E-state index contributed by atoms with van der Waals surface area (Å²) in [6, 6.07) is 0. The lowest BCUT2D eigenvalue weighted by Crippen LogP contribution is -2.67. The fraction of sp³-hybridized carbons (Fsp3) is 0.931. The van der Waals surface area contributed by atoms with E-state index in [1.54, 1.807) is 5.57 Å². The maximum Gasteiger partial charge on any atom is 0.0852 e. The molecule has 0 bridgehead atoms. The van der Waals surface area contributed by atoms with Crippen LogP contribution < -0.4 is 0 Å². The molecule has 11 atom stereocenters. The molecule has 4 saturated carbocycles. The predicted octanol–water partition coefficient (Wildman–Crippen LogP) is 5.72. The highest BCUT2D eigenvalue weighted by atomic mass is 16.3. The first kappa shape index (κ1) is 23.4. The quantitative estimate of drug-likeness (QED) is 0.419. The zero-order valence-electron chi connectivity index (χ0n) is 21.6. The lowest BCUT2D eigenvalue weighted by Gasteiger charge is -2.71. The first-order valence-electron chi connectivity index (χ1n) is 13.5. The number of hydrogen-bond donors (Lipinski definition) is 3. The molecule has 0 aliphatic heterocycles. The van der Waals surface area contributed by atoms with Crippen LogP contribution in [0.4, 0.5) is 0 Å². The van der Waals surface area contributed by atoms with Crippen LogP contribution in [-0.2, 0) is 0 Å². The second kappa shape index (κ2) is 6.85. The lowest BCUT2D eigenvalue weighted by molar-refractivity contribution is -0.232. The van der Waals surface area contributed by atoms with E-state index in [1.165, 1.54) is 25.7 Å². The second-order valence-corrected chi connectivity index (χ2v) is 14.3. The van der Waals surface area contributed by atoms with Crippen molar-refractivity contribution in [1.82, 2.24) is 0 Å². The van der Waals surface area contributed by atoms with Gasteiger partial charge < -0.3 is 15.3 Å². The summed E-state index contributed by atoms with van der Waals surface area (Å²) in [5, 5.41) is 33.6. The van der Waals surface area contributed by atoms with Gasteiger partial charge in [0.05, 0.1) is 17.8 Å². The normalized spacial score (nSPS) is 59.2. The number of hydrogen-bond acceptors (Lipinski definition) is 3. The molecule has 0 aromatic heterocycles. The Morgan fingerprint density at radius 1 is 0.875 bits per heavy atom.